The molecule has 0 aliphatic heterocycles. The maximum atomic E-state index is 13.2. The molecule has 1 aromatic carbocycles. The van der Waals surface area contributed by atoms with Gasteiger partial charge in [0.15, 0.2) is 0 Å². The molecule has 0 aromatic heterocycles. The van der Waals surface area contributed by atoms with Crippen molar-refractivity contribution >= 4 is 15.7 Å². The van der Waals surface area contributed by atoms with E-state index in [0.717, 1.165) is 18.7 Å². The lowest BCUT2D eigenvalue weighted by Gasteiger charge is -2.19. The minimum Gasteiger partial charge on any atom is -0.399 e. The molecular formula is C13H20FN3O2S. The van der Waals surface area contributed by atoms with Crippen LogP contribution >= 0.6 is 0 Å². The number of nitrogens with one attached hydrogen (secondary N) is 1. The minimum atomic E-state index is -3.71. The number of likely N-dealkylation sites (N-methyl/N-ethyl adjacent to an activating group) is 1. The molecule has 0 radical (unpaired) electrons. The second-order valence-electron chi connectivity index (χ2n) is 4.98. The first kappa shape index (κ1) is 15.2. The number of benzene rings is 1. The Kier molecular flexibility index (Phi) is 4.62. The van der Waals surface area contributed by atoms with Gasteiger partial charge in [0.25, 0.3) is 0 Å². The second kappa shape index (κ2) is 6.07. The Hall–Kier alpha value is -1.18. The molecule has 5 nitrogen and oxygen atoms in total. The second-order valence-corrected chi connectivity index (χ2v) is 6.74. The summed E-state index contributed by atoms with van der Waals surface area (Å²) in [6, 6.07) is 3.90. The number of hydrogen-bond acceptors (Lipinski definition) is 4. The summed E-state index contributed by atoms with van der Waals surface area (Å²) < 4.78 is 39.8. The van der Waals surface area contributed by atoms with E-state index in [1.165, 1.54) is 18.9 Å². The van der Waals surface area contributed by atoms with Crippen LogP contribution < -0.4 is 10.5 Å². The van der Waals surface area contributed by atoms with Crippen molar-refractivity contribution < 1.29 is 12.8 Å². The highest BCUT2D eigenvalue weighted by atomic mass is 32.2. The predicted octanol–water partition coefficient (Wildman–Crippen LogP) is 1.17. The summed E-state index contributed by atoms with van der Waals surface area (Å²) in [6.07, 6.45) is 2.36. The quantitative estimate of drug-likeness (QED) is 0.741. The Morgan fingerprint density at radius 3 is 2.65 bits per heavy atom. The fourth-order valence-electron chi connectivity index (χ4n) is 2.19. The van der Waals surface area contributed by atoms with E-state index in [4.69, 9.17) is 5.73 Å². The highest BCUT2D eigenvalue weighted by Gasteiger charge is 2.27. The number of nitrogens with zero attached hydrogens (tertiary/aromatic N) is 1. The molecule has 0 bridgehead atoms. The molecule has 0 spiro atoms. The third kappa shape index (κ3) is 3.91. The highest BCUT2D eigenvalue weighted by molar-refractivity contribution is 7.89. The van der Waals surface area contributed by atoms with Gasteiger partial charge in [-0.25, -0.2) is 17.5 Å². The zero-order chi connectivity index (χ0) is 14.8. The average Bonchev–Trinajstić information content (AvgIpc) is 3.17. The Morgan fingerprint density at radius 1 is 1.40 bits per heavy atom. The van der Waals surface area contributed by atoms with Crippen LogP contribution in [0.5, 0.6) is 0 Å². The number of hydrogen-bond donors (Lipinski definition) is 2. The molecular weight excluding hydrogens is 281 g/mol. The molecule has 20 heavy (non-hydrogen) atoms. The molecule has 1 fully saturated rings. The lowest BCUT2D eigenvalue weighted by atomic mass is 10.3. The van der Waals surface area contributed by atoms with Gasteiger partial charge >= 0.3 is 0 Å². The van der Waals surface area contributed by atoms with Gasteiger partial charge in [-0.3, -0.25) is 4.90 Å². The van der Waals surface area contributed by atoms with Crippen LogP contribution in [0.3, 0.4) is 0 Å². The zero-order valence-corrected chi connectivity index (χ0v) is 12.3. The van der Waals surface area contributed by atoms with Crippen molar-refractivity contribution in [2.75, 3.05) is 25.4 Å². The van der Waals surface area contributed by atoms with Gasteiger partial charge < -0.3 is 5.73 Å². The van der Waals surface area contributed by atoms with Crippen LogP contribution in [-0.2, 0) is 10.0 Å². The number of nitrogen functional groups attached to an aromatic ring is 1. The molecule has 1 saturated carbocycles. The third-order valence-corrected chi connectivity index (χ3v) is 4.80. The Morgan fingerprint density at radius 2 is 2.10 bits per heavy atom. The van der Waals surface area contributed by atoms with Crippen LogP contribution in [0.1, 0.15) is 19.8 Å². The van der Waals surface area contributed by atoms with Gasteiger partial charge in [-0.1, -0.05) is 6.92 Å². The minimum absolute atomic E-state index is 0.0959. The Labute approximate surface area is 119 Å². The van der Waals surface area contributed by atoms with Gasteiger partial charge in [-0.15, -0.1) is 0 Å². The van der Waals surface area contributed by atoms with Crippen LogP contribution in [0.2, 0.25) is 0 Å². The summed E-state index contributed by atoms with van der Waals surface area (Å²) in [6.45, 7) is 3.92. The largest absolute Gasteiger partial charge is 0.399 e. The van der Waals surface area contributed by atoms with Crippen molar-refractivity contribution in [2.24, 2.45) is 0 Å². The van der Waals surface area contributed by atoms with Gasteiger partial charge in [0.1, 0.15) is 5.82 Å². The van der Waals surface area contributed by atoms with E-state index in [9.17, 15) is 12.8 Å². The molecule has 0 amide bonds. The van der Waals surface area contributed by atoms with Gasteiger partial charge in [-0.2, -0.15) is 0 Å². The van der Waals surface area contributed by atoms with E-state index in [1.807, 2.05) is 0 Å². The Balaban J connectivity index is 1.96. The van der Waals surface area contributed by atoms with Crippen molar-refractivity contribution in [3.05, 3.63) is 24.0 Å². The van der Waals surface area contributed by atoms with E-state index in [-0.39, 0.29) is 10.6 Å². The maximum absolute atomic E-state index is 13.2. The fourth-order valence-corrected chi connectivity index (χ4v) is 3.27. The van der Waals surface area contributed by atoms with Crippen molar-refractivity contribution in [2.45, 2.75) is 30.7 Å². The smallest absolute Gasteiger partial charge is 0.240 e. The lowest BCUT2D eigenvalue weighted by Crippen LogP contribution is -2.36. The van der Waals surface area contributed by atoms with Gasteiger partial charge in [0.2, 0.25) is 10.0 Å². The maximum Gasteiger partial charge on any atom is 0.240 e. The molecule has 0 unspecified atom stereocenters. The first-order valence-electron chi connectivity index (χ1n) is 6.72. The van der Waals surface area contributed by atoms with E-state index in [2.05, 4.69) is 16.5 Å². The van der Waals surface area contributed by atoms with Crippen LogP contribution in [0.15, 0.2) is 23.1 Å². The SMILES string of the molecule is CCN(CCNS(=O)(=O)c1cc(N)cc(F)c1)C1CC1. The molecule has 0 atom stereocenters. The number of sulfonamides is 1. The van der Waals surface area contributed by atoms with E-state index < -0.39 is 15.8 Å². The van der Waals surface area contributed by atoms with E-state index in [1.54, 1.807) is 0 Å². The summed E-state index contributed by atoms with van der Waals surface area (Å²) in [5.74, 6) is -0.654. The van der Waals surface area contributed by atoms with Crippen molar-refractivity contribution in [3.8, 4) is 0 Å². The van der Waals surface area contributed by atoms with Crippen LogP contribution in [0.25, 0.3) is 0 Å². The summed E-state index contributed by atoms with van der Waals surface area (Å²) in [5, 5.41) is 0. The average molecular weight is 301 g/mol. The van der Waals surface area contributed by atoms with E-state index in [0.29, 0.717) is 19.1 Å². The summed E-state index contributed by atoms with van der Waals surface area (Å²) in [4.78, 5) is 2.10. The third-order valence-electron chi connectivity index (χ3n) is 3.36. The van der Waals surface area contributed by atoms with Crippen LogP contribution in [0.4, 0.5) is 10.1 Å². The number of rotatable bonds is 7. The normalized spacial score (nSPS) is 15.8. The first-order valence-corrected chi connectivity index (χ1v) is 8.20. The highest BCUT2D eigenvalue weighted by Crippen LogP contribution is 2.25. The fraction of sp³-hybridized carbons (Fsp3) is 0.538. The van der Waals surface area contributed by atoms with Gasteiger partial charge in [-0.05, 0) is 37.6 Å². The number of anilines is 1. The van der Waals surface area contributed by atoms with Crippen molar-refractivity contribution in [1.82, 2.24) is 9.62 Å². The van der Waals surface area contributed by atoms with Gasteiger partial charge in [0, 0.05) is 24.8 Å². The monoisotopic (exact) mass is 301 g/mol. The molecule has 3 N–H and O–H groups in total. The first-order chi connectivity index (χ1) is 9.42. The lowest BCUT2D eigenvalue weighted by molar-refractivity contribution is 0.282. The summed E-state index contributed by atoms with van der Waals surface area (Å²) >= 11 is 0. The standard InChI is InChI=1S/C13H20FN3O2S/c1-2-17(12-3-4-12)6-5-16-20(18,19)13-8-10(14)7-11(15)9-13/h7-9,12,16H,2-6,15H2,1H3. The summed E-state index contributed by atoms with van der Waals surface area (Å²) in [5.41, 5.74) is 5.56. The molecule has 0 heterocycles. The zero-order valence-electron chi connectivity index (χ0n) is 11.5. The topological polar surface area (TPSA) is 75.4 Å². The molecule has 1 aromatic rings. The molecule has 112 valence electrons. The Bertz CT molecular complexity index is 553. The van der Waals surface area contributed by atoms with Crippen molar-refractivity contribution in [1.29, 1.82) is 0 Å². The molecule has 2 rings (SSSR count). The predicted molar refractivity (Wildman–Crippen MR) is 76.3 cm³/mol. The molecule has 1 aliphatic carbocycles. The van der Waals surface area contributed by atoms with E-state index >= 15 is 0 Å². The van der Waals surface area contributed by atoms with Crippen molar-refractivity contribution in [3.63, 3.8) is 0 Å². The molecule has 7 heteroatoms. The van der Waals surface area contributed by atoms with Crippen LogP contribution in [0, 0.1) is 5.82 Å². The van der Waals surface area contributed by atoms with Gasteiger partial charge in [0.05, 0.1) is 4.90 Å². The number of nitrogens with two attached hydrogens (primary N) is 1. The molecule has 0 saturated heterocycles. The number of halogens is 1. The summed E-state index contributed by atoms with van der Waals surface area (Å²) in [7, 11) is -3.71. The van der Waals surface area contributed by atoms with Crippen LogP contribution in [-0.4, -0.2) is 39.0 Å². The molecule has 1 aliphatic rings.